The molecule has 0 atom stereocenters. The highest BCUT2D eigenvalue weighted by Crippen LogP contribution is 2.22. The fraction of sp³-hybridized carbons (Fsp3) is 0.211. The summed E-state index contributed by atoms with van der Waals surface area (Å²) in [5, 5.41) is 6.61. The van der Waals surface area contributed by atoms with Crippen LogP contribution < -0.4 is 20.2 Å². The van der Waals surface area contributed by atoms with Crippen LogP contribution >= 0.6 is 0 Å². The van der Waals surface area contributed by atoms with Crippen LogP contribution in [-0.4, -0.2) is 32.2 Å². The van der Waals surface area contributed by atoms with E-state index in [1.807, 2.05) is 18.2 Å². The van der Waals surface area contributed by atoms with Crippen LogP contribution in [0.5, 0.6) is 11.5 Å². The number of rotatable bonds is 8. The van der Waals surface area contributed by atoms with Crippen molar-refractivity contribution in [3.63, 3.8) is 0 Å². The van der Waals surface area contributed by atoms with Gasteiger partial charge in [0, 0.05) is 30.2 Å². The van der Waals surface area contributed by atoms with E-state index in [9.17, 15) is 9.59 Å². The zero-order valence-electron chi connectivity index (χ0n) is 14.7. The molecular formula is C19H21N3O4. The zero-order valence-corrected chi connectivity index (χ0v) is 14.7. The number of hydrogen-bond acceptors (Lipinski definition) is 5. The molecule has 2 N–H and O–H groups in total. The van der Waals surface area contributed by atoms with Gasteiger partial charge in [-0.25, -0.2) is 5.43 Å². The Kier molecular flexibility index (Phi) is 7.17. The number of nitrogens with zero attached hydrogens (tertiary/aromatic N) is 1. The zero-order chi connectivity index (χ0) is 18.8. The molecule has 0 radical (unpaired) electrons. The minimum atomic E-state index is -0.350. The average molecular weight is 355 g/mol. The van der Waals surface area contributed by atoms with E-state index in [2.05, 4.69) is 15.8 Å². The molecule has 0 aliphatic rings. The van der Waals surface area contributed by atoms with Crippen molar-refractivity contribution in [1.29, 1.82) is 0 Å². The second-order valence-corrected chi connectivity index (χ2v) is 5.32. The first-order valence-corrected chi connectivity index (χ1v) is 8.01. The maximum absolute atomic E-state index is 11.8. The second kappa shape index (κ2) is 9.83. The summed E-state index contributed by atoms with van der Waals surface area (Å²) < 4.78 is 10.4. The van der Waals surface area contributed by atoms with E-state index < -0.39 is 0 Å². The summed E-state index contributed by atoms with van der Waals surface area (Å²) in [5.74, 6) is 0.654. The molecule has 0 spiro atoms. The van der Waals surface area contributed by atoms with Gasteiger partial charge in [-0.1, -0.05) is 18.2 Å². The Morgan fingerprint density at radius 3 is 2.42 bits per heavy atom. The van der Waals surface area contributed by atoms with E-state index in [1.54, 1.807) is 37.4 Å². The Balaban J connectivity index is 1.79. The van der Waals surface area contributed by atoms with E-state index in [1.165, 1.54) is 13.3 Å². The minimum absolute atomic E-state index is 0.0375. The Morgan fingerprint density at radius 1 is 1.00 bits per heavy atom. The summed E-state index contributed by atoms with van der Waals surface area (Å²) in [6.07, 6.45) is 1.58. The lowest BCUT2D eigenvalue weighted by Gasteiger charge is -2.07. The van der Waals surface area contributed by atoms with Crippen LogP contribution in [0.2, 0.25) is 0 Å². The summed E-state index contributed by atoms with van der Waals surface area (Å²) in [4.78, 5) is 23.6. The first-order chi connectivity index (χ1) is 12.6. The van der Waals surface area contributed by atoms with Crippen LogP contribution in [0, 0.1) is 0 Å². The summed E-state index contributed by atoms with van der Waals surface area (Å²) in [6.45, 7) is 0. The van der Waals surface area contributed by atoms with Crippen LogP contribution in [0.4, 0.5) is 5.69 Å². The van der Waals surface area contributed by atoms with Gasteiger partial charge in [-0.2, -0.15) is 5.10 Å². The lowest BCUT2D eigenvalue weighted by Crippen LogP contribution is -2.20. The fourth-order valence-corrected chi connectivity index (χ4v) is 2.13. The molecule has 136 valence electrons. The van der Waals surface area contributed by atoms with Gasteiger partial charge in [0.05, 0.1) is 20.4 Å². The van der Waals surface area contributed by atoms with Gasteiger partial charge in [-0.05, 0) is 24.3 Å². The van der Waals surface area contributed by atoms with E-state index in [4.69, 9.17) is 9.47 Å². The second-order valence-electron chi connectivity index (χ2n) is 5.32. The molecule has 0 bridgehead atoms. The van der Waals surface area contributed by atoms with Gasteiger partial charge in [0.15, 0.2) is 0 Å². The summed E-state index contributed by atoms with van der Waals surface area (Å²) in [5.41, 5.74) is 3.78. The monoisotopic (exact) mass is 355 g/mol. The van der Waals surface area contributed by atoms with Gasteiger partial charge in [0.25, 0.3) is 0 Å². The Labute approximate surface area is 152 Å². The van der Waals surface area contributed by atoms with Gasteiger partial charge in [0.1, 0.15) is 11.5 Å². The van der Waals surface area contributed by atoms with Crippen LogP contribution in [0.15, 0.2) is 53.6 Å². The standard InChI is InChI=1S/C19H21N3O4/c1-25-16-9-8-14(17(12-16)26-2)13-20-22-19(24)11-10-18(23)21-15-6-4-3-5-7-15/h3-9,12-13H,10-11H2,1-2H3,(H,21,23)(H,22,24)/b20-13+. The number of carbonyl (C=O) groups excluding carboxylic acids is 2. The van der Waals surface area contributed by atoms with E-state index in [-0.39, 0.29) is 24.7 Å². The molecular weight excluding hydrogens is 334 g/mol. The summed E-state index contributed by atoms with van der Waals surface area (Å²) in [7, 11) is 3.10. The van der Waals surface area contributed by atoms with Crippen molar-refractivity contribution in [2.75, 3.05) is 19.5 Å². The molecule has 0 unspecified atom stereocenters. The third kappa shape index (κ3) is 5.94. The smallest absolute Gasteiger partial charge is 0.240 e. The van der Waals surface area contributed by atoms with E-state index in [0.717, 1.165) is 0 Å². The van der Waals surface area contributed by atoms with Crippen molar-refractivity contribution in [3.05, 3.63) is 54.1 Å². The number of hydrogen-bond donors (Lipinski definition) is 2. The lowest BCUT2D eigenvalue weighted by molar-refractivity contribution is -0.124. The molecule has 0 aliphatic carbocycles. The Morgan fingerprint density at radius 2 is 1.73 bits per heavy atom. The molecule has 0 aromatic heterocycles. The topological polar surface area (TPSA) is 89.0 Å². The Bertz CT molecular complexity index is 776. The highest BCUT2D eigenvalue weighted by atomic mass is 16.5. The van der Waals surface area contributed by atoms with Crippen LogP contribution in [0.25, 0.3) is 0 Å². The number of para-hydroxylation sites is 1. The molecule has 0 aliphatic heterocycles. The third-order valence-electron chi connectivity index (χ3n) is 3.47. The largest absolute Gasteiger partial charge is 0.497 e. The predicted octanol–water partition coefficient (Wildman–Crippen LogP) is 2.57. The normalized spacial score (nSPS) is 10.4. The van der Waals surface area contributed by atoms with Crippen molar-refractivity contribution in [2.24, 2.45) is 5.10 Å². The molecule has 0 heterocycles. The minimum Gasteiger partial charge on any atom is -0.497 e. The molecule has 2 aromatic carbocycles. The number of amides is 2. The van der Waals surface area contributed by atoms with E-state index in [0.29, 0.717) is 22.7 Å². The molecule has 0 saturated carbocycles. The molecule has 7 heteroatoms. The molecule has 7 nitrogen and oxygen atoms in total. The first-order valence-electron chi connectivity index (χ1n) is 8.01. The lowest BCUT2D eigenvalue weighted by atomic mass is 10.2. The van der Waals surface area contributed by atoms with E-state index >= 15 is 0 Å². The third-order valence-corrected chi connectivity index (χ3v) is 3.47. The fourth-order valence-electron chi connectivity index (χ4n) is 2.13. The maximum atomic E-state index is 11.8. The highest BCUT2D eigenvalue weighted by molar-refractivity contribution is 5.93. The van der Waals surface area contributed by atoms with Gasteiger partial charge in [-0.3, -0.25) is 9.59 Å². The maximum Gasteiger partial charge on any atom is 0.240 e. The van der Waals surface area contributed by atoms with Crippen LogP contribution in [0.1, 0.15) is 18.4 Å². The van der Waals surface area contributed by atoms with Crippen molar-refractivity contribution >= 4 is 23.7 Å². The number of nitrogens with one attached hydrogen (secondary N) is 2. The highest BCUT2D eigenvalue weighted by Gasteiger charge is 2.07. The molecule has 26 heavy (non-hydrogen) atoms. The number of carbonyl (C=O) groups is 2. The SMILES string of the molecule is COc1ccc(/C=N/NC(=O)CCC(=O)Nc2ccccc2)c(OC)c1. The van der Waals surface area contributed by atoms with Gasteiger partial charge < -0.3 is 14.8 Å². The van der Waals surface area contributed by atoms with Gasteiger partial charge in [-0.15, -0.1) is 0 Å². The number of hydrazone groups is 1. The van der Waals surface area contributed by atoms with Crippen molar-refractivity contribution in [3.8, 4) is 11.5 Å². The molecule has 0 saturated heterocycles. The average Bonchev–Trinajstić information content (AvgIpc) is 2.67. The van der Waals surface area contributed by atoms with Crippen LogP contribution in [-0.2, 0) is 9.59 Å². The molecule has 2 aromatic rings. The number of ether oxygens (including phenoxy) is 2. The van der Waals surface area contributed by atoms with Crippen molar-refractivity contribution in [2.45, 2.75) is 12.8 Å². The van der Waals surface area contributed by atoms with Crippen molar-refractivity contribution < 1.29 is 19.1 Å². The number of benzene rings is 2. The quantitative estimate of drug-likeness (QED) is 0.563. The summed E-state index contributed by atoms with van der Waals surface area (Å²) >= 11 is 0. The Hall–Kier alpha value is -3.35. The predicted molar refractivity (Wildman–Crippen MR) is 99.6 cm³/mol. The number of methoxy groups -OCH3 is 2. The molecule has 2 rings (SSSR count). The van der Waals surface area contributed by atoms with Crippen LogP contribution in [0.3, 0.4) is 0 Å². The molecule has 2 amide bonds. The van der Waals surface area contributed by atoms with Gasteiger partial charge >= 0.3 is 0 Å². The summed E-state index contributed by atoms with van der Waals surface area (Å²) in [6, 6.07) is 14.3. The van der Waals surface area contributed by atoms with Crippen molar-refractivity contribution in [1.82, 2.24) is 5.43 Å². The number of anilines is 1. The van der Waals surface area contributed by atoms with Gasteiger partial charge in [0.2, 0.25) is 11.8 Å². The first kappa shape index (κ1) is 19.0. The molecule has 0 fully saturated rings.